The predicted octanol–water partition coefficient (Wildman–Crippen LogP) is 6.08. The Labute approximate surface area is 241 Å². The summed E-state index contributed by atoms with van der Waals surface area (Å²) in [6, 6.07) is 5.76. The second kappa shape index (κ2) is 18.3. The Bertz CT molecular complexity index is 1160. The lowest BCUT2D eigenvalue weighted by atomic mass is 10.00. The Kier molecular flexibility index (Phi) is 16.9. The number of methoxy groups -OCH3 is 1. The van der Waals surface area contributed by atoms with Crippen LogP contribution in [0, 0.1) is 0 Å². The number of benzene rings is 1. The lowest BCUT2D eigenvalue weighted by Gasteiger charge is -2.23. The van der Waals surface area contributed by atoms with Gasteiger partial charge >= 0.3 is 0 Å². The summed E-state index contributed by atoms with van der Waals surface area (Å²) in [6.07, 6.45) is 6.48. The lowest BCUT2D eigenvalue weighted by molar-refractivity contribution is -0.152. The predicted molar refractivity (Wildman–Crippen MR) is 167 cm³/mol. The van der Waals surface area contributed by atoms with Crippen LogP contribution >= 0.6 is 23.3 Å². The van der Waals surface area contributed by atoms with Crippen molar-refractivity contribution >= 4 is 40.3 Å². The zero-order chi connectivity index (χ0) is 30.2. The maximum atomic E-state index is 10.2. The van der Waals surface area contributed by atoms with Gasteiger partial charge in [-0.3, -0.25) is 9.93 Å². The SMILES string of the molecule is C=C/C(SN)=C(N)\C=C(/C)C=O.CC.CC.CNc1scc(C2=CCc3cccc(OC)c3O2)c1C(C)(O)O. The Morgan fingerprint density at radius 3 is 2.41 bits per heavy atom. The van der Waals surface area contributed by atoms with Crippen LogP contribution in [0.4, 0.5) is 5.00 Å². The first-order valence-electron chi connectivity index (χ1n) is 12.5. The highest BCUT2D eigenvalue weighted by Crippen LogP contribution is 2.43. The number of anilines is 1. The molecule has 0 amide bonds. The molecule has 0 saturated carbocycles. The molecule has 0 aliphatic carbocycles. The number of thiophene rings is 1. The van der Waals surface area contributed by atoms with Crippen molar-refractivity contribution in [3.63, 3.8) is 0 Å². The van der Waals surface area contributed by atoms with Crippen molar-refractivity contribution in [3.05, 3.63) is 81.3 Å². The number of carbonyl (C=O) groups excluding carboxylic acids is 1. The van der Waals surface area contributed by atoms with Crippen molar-refractivity contribution in [3.8, 4) is 11.5 Å². The van der Waals surface area contributed by atoms with Gasteiger partial charge < -0.3 is 30.7 Å². The summed E-state index contributed by atoms with van der Waals surface area (Å²) < 4.78 is 11.4. The molecule has 216 valence electrons. The van der Waals surface area contributed by atoms with E-state index >= 15 is 0 Å². The molecule has 7 N–H and O–H groups in total. The van der Waals surface area contributed by atoms with Crippen LogP contribution in [0.2, 0.25) is 0 Å². The van der Waals surface area contributed by atoms with E-state index in [-0.39, 0.29) is 0 Å². The number of nitrogens with two attached hydrogens (primary N) is 2. The van der Waals surface area contributed by atoms with Gasteiger partial charge in [0.15, 0.2) is 17.3 Å². The van der Waals surface area contributed by atoms with Crippen molar-refractivity contribution in [2.45, 2.75) is 53.8 Å². The molecular formula is C29H43N3O5S2. The summed E-state index contributed by atoms with van der Waals surface area (Å²) in [4.78, 5) is 10.9. The largest absolute Gasteiger partial charge is 0.493 e. The fourth-order valence-electron chi connectivity index (χ4n) is 3.30. The molecule has 0 radical (unpaired) electrons. The molecular weight excluding hydrogens is 534 g/mol. The van der Waals surface area contributed by atoms with Crippen molar-refractivity contribution in [1.82, 2.24) is 0 Å². The summed E-state index contributed by atoms with van der Waals surface area (Å²) >= 11 is 2.41. The van der Waals surface area contributed by atoms with E-state index in [1.807, 2.05) is 57.4 Å². The van der Waals surface area contributed by atoms with E-state index in [2.05, 4.69) is 11.9 Å². The summed E-state index contributed by atoms with van der Waals surface area (Å²) in [7, 11) is 3.35. The third-order valence-corrected chi connectivity index (χ3v) is 6.58. The highest BCUT2D eigenvalue weighted by Gasteiger charge is 2.31. The van der Waals surface area contributed by atoms with E-state index in [1.54, 1.807) is 33.2 Å². The molecule has 0 bridgehead atoms. The number of aliphatic hydroxyl groups is 2. The molecule has 2 aromatic rings. The van der Waals surface area contributed by atoms with Gasteiger partial charge in [0.25, 0.3) is 0 Å². The highest BCUT2D eigenvalue weighted by atomic mass is 32.2. The Morgan fingerprint density at radius 1 is 1.28 bits per heavy atom. The first-order valence-corrected chi connectivity index (χ1v) is 14.3. The molecule has 0 fully saturated rings. The third kappa shape index (κ3) is 10.2. The molecule has 1 aliphatic rings. The second-order valence-electron chi connectivity index (χ2n) is 7.60. The number of aldehydes is 1. The van der Waals surface area contributed by atoms with Crippen molar-refractivity contribution < 1.29 is 24.5 Å². The first-order chi connectivity index (χ1) is 18.6. The van der Waals surface area contributed by atoms with E-state index in [0.29, 0.717) is 56.0 Å². The van der Waals surface area contributed by atoms with E-state index in [9.17, 15) is 15.0 Å². The number of carbonyl (C=O) groups is 1. The number of ether oxygens (including phenoxy) is 2. The van der Waals surface area contributed by atoms with Crippen LogP contribution in [0.15, 0.2) is 64.6 Å². The van der Waals surface area contributed by atoms with E-state index in [4.69, 9.17) is 20.3 Å². The van der Waals surface area contributed by atoms with E-state index < -0.39 is 5.79 Å². The number of rotatable bonds is 8. The highest BCUT2D eigenvalue weighted by molar-refractivity contribution is 8.01. The second-order valence-corrected chi connectivity index (χ2v) is 9.15. The summed E-state index contributed by atoms with van der Waals surface area (Å²) in [5.41, 5.74) is 8.72. The van der Waals surface area contributed by atoms with E-state index in [1.165, 1.54) is 18.3 Å². The molecule has 1 aromatic carbocycles. The molecule has 0 saturated heterocycles. The molecule has 10 heteroatoms. The van der Waals surface area contributed by atoms with Crippen LogP contribution in [0.25, 0.3) is 5.76 Å². The van der Waals surface area contributed by atoms with Crippen LogP contribution in [-0.2, 0) is 17.0 Å². The van der Waals surface area contributed by atoms with Gasteiger partial charge in [-0.25, -0.2) is 0 Å². The van der Waals surface area contributed by atoms with Crippen LogP contribution in [0.1, 0.15) is 58.2 Å². The smallest absolute Gasteiger partial charge is 0.190 e. The summed E-state index contributed by atoms with van der Waals surface area (Å²) in [6.45, 7) is 14.5. The monoisotopic (exact) mass is 577 g/mol. The van der Waals surface area contributed by atoms with Crippen molar-refractivity contribution in [2.75, 3.05) is 19.5 Å². The molecule has 8 nitrogen and oxygen atoms in total. The molecule has 0 atom stereocenters. The zero-order valence-electron chi connectivity index (χ0n) is 24.1. The minimum absolute atomic E-state index is 0.412. The number of hydrogen-bond donors (Lipinski definition) is 5. The number of allylic oxidation sites excluding steroid dienone is 4. The molecule has 1 aliphatic heterocycles. The van der Waals surface area contributed by atoms with Gasteiger partial charge in [0.05, 0.1) is 17.7 Å². The molecule has 2 heterocycles. The quantitative estimate of drug-likeness (QED) is 0.0830. The minimum atomic E-state index is -1.96. The lowest BCUT2D eigenvalue weighted by Crippen LogP contribution is -2.22. The maximum Gasteiger partial charge on any atom is 0.190 e. The average molecular weight is 578 g/mol. The average Bonchev–Trinajstić information content (AvgIpc) is 3.41. The minimum Gasteiger partial charge on any atom is -0.493 e. The van der Waals surface area contributed by atoms with Gasteiger partial charge in [0.2, 0.25) is 0 Å². The zero-order valence-corrected chi connectivity index (χ0v) is 25.8. The molecule has 0 spiro atoms. The Morgan fingerprint density at radius 2 is 1.92 bits per heavy atom. The number of nitrogens with one attached hydrogen (secondary N) is 1. The van der Waals surface area contributed by atoms with Gasteiger partial charge in [-0.15, -0.1) is 11.3 Å². The first kappa shape index (κ1) is 36.0. The maximum absolute atomic E-state index is 10.2. The van der Waals surface area contributed by atoms with Crippen LogP contribution in [0.5, 0.6) is 11.5 Å². The van der Waals surface area contributed by atoms with Gasteiger partial charge in [0.1, 0.15) is 12.0 Å². The Hall–Kier alpha value is -3.02. The van der Waals surface area contributed by atoms with Crippen LogP contribution < -0.4 is 25.7 Å². The van der Waals surface area contributed by atoms with Gasteiger partial charge in [-0.05, 0) is 56.0 Å². The summed E-state index contributed by atoms with van der Waals surface area (Å²) in [5.74, 6) is -0.0226. The fraction of sp³-hybridized carbons (Fsp3) is 0.345. The van der Waals surface area contributed by atoms with Crippen molar-refractivity contribution in [1.29, 1.82) is 0 Å². The van der Waals surface area contributed by atoms with Gasteiger partial charge in [0, 0.05) is 34.2 Å². The normalized spacial score (nSPS) is 12.7. The standard InChI is InChI=1S/C17H19NO4S.C8H12N2OS.2C2H6/c1-17(19,20)14-11(9-23-16(14)18-2)12-8-7-10-5-4-6-13(21-3)15(10)22-12;1-3-8(12-10)7(9)4-6(2)5-11;2*1-2/h4-6,8-9,18-20H,7H2,1-3H3;3-5H,1,9-10H2,2H3;2*1-2H3/b;6-4+,8-7-;;. The Balaban J connectivity index is 0.000000769. The van der Waals surface area contributed by atoms with Crippen LogP contribution in [-0.4, -0.2) is 30.7 Å². The van der Waals surface area contributed by atoms with Crippen molar-refractivity contribution in [2.24, 2.45) is 10.9 Å². The van der Waals surface area contributed by atoms with Crippen LogP contribution in [0.3, 0.4) is 0 Å². The molecule has 1 aromatic heterocycles. The van der Waals surface area contributed by atoms with Gasteiger partial charge in [-0.2, -0.15) is 0 Å². The van der Waals surface area contributed by atoms with E-state index in [0.717, 1.165) is 23.8 Å². The molecule has 39 heavy (non-hydrogen) atoms. The van der Waals surface area contributed by atoms with Gasteiger partial charge in [-0.1, -0.05) is 52.5 Å². The summed E-state index contributed by atoms with van der Waals surface area (Å²) in [5, 5.41) is 31.1. The fourth-order valence-corrected chi connectivity index (χ4v) is 4.60. The topological polar surface area (TPSA) is 140 Å². The third-order valence-electron chi connectivity index (χ3n) is 4.92. The molecule has 3 rings (SSSR count). The number of para-hydroxylation sites is 1. The molecule has 0 unspecified atom stereocenters. The number of fused-ring (bicyclic) bond motifs is 1. The number of hydrogen-bond acceptors (Lipinski definition) is 10.